The highest BCUT2D eigenvalue weighted by molar-refractivity contribution is 6.08. The van der Waals surface area contributed by atoms with Crippen LogP contribution in [0.25, 0.3) is 0 Å². The van der Waals surface area contributed by atoms with Gasteiger partial charge in [-0.3, -0.25) is 4.79 Å². The summed E-state index contributed by atoms with van der Waals surface area (Å²) in [7, 11) is 1.36. The minimum absolute atomic E-state index is 0.0962. The Balaban J connectivity index is 2.48. The molecule has 0 amide bonds. The van der Waals surface area contributed by atoms with E-state index in [1.807, 2.05) is 0 Å². The smallest absolute Gasteiger partial charge is 0.417 e. The molecule has 0 bridgehead atoms. The molecule has 0 radical (unpaired) electrons. The SMILES string of the molecule is COc1cccc(C(=O)c2ccccc2C(F)(F)F)n1. The molecule has 1 aromatic carbocycles. The van der Waals surface area contributed by atoms with Crippen LogP contribution in [0.15, 0.2) is 42.5 Å². The van der Waals surface area contributed by atoms with Gasteiger partial charge in [0.25, 0.3) is 0 Å². The molecule has 0 aliphatic carbocycles. The molecule has 20 heavy (non-hydrogen) atoms. The van der Waals surface area contributed by atoms with Gasteiger partial charge in [0.2, 0.25) is 11.7 Å². The predicted octanol–water partition coefficient (Wildman–Crippen LogP) is 3.34. The third-order valence-corrected chi connectivity index (χ3v) is 2.64. The van der Waals surface area contributed by atoms with Crippen LogP contribution in [0, 0.1) is 0 Å². The zero-order valence-corrected chi connectivity index (χ0v) is 10.4. The first kappa shape index (κ1) is 14.0. The van der Waals surface area contributed by atoms with Gasteiger partial charge in [-0.1, -0.05) is 24.3 Å². The van der Waals surface area contributed by atoms with Gasteiger partial charge in [0.1, 0.15) is 5.69 Å². The second-order valence-corrected chi connectivity index (χ2v) is 3.94. The van der Waals surface area contributed by atoms with Gasteiger partial charge in [-0.05, 0) is 12.1 Å². The number of carbonyl (C=O) groups excluding carboxylic acids is 1. The Kier molecular flexibility index (Phi) is 3.74. The molecule has 2 aromatic rings. The van der Waals surface area contributed by atoms with Crippen LogP contribution in [-0.4, -0.2) is 17.9 Å². The number of alkyl halides is 3. The average molecular weight is 281 g/mol. The normalized spacial score (nSPS) is 11.2. The minimum atomic E-state index is -4.59. The van der Waals surface area contributed by atoms with E-state index in [0.29, 0.717) is 0 Å². The number of carbonyl (C=O) groups is 1. The molecule has 6 heteroatoms. The summed E-state index contributed by atoms with van der Waals surface area (Å²) in [5.74, 6) is -0.628. The molecule has 0 saturated heterocycles. The fourth-order valence-electron chi connectivity index (χ4n) is 1.72. The van der Waals surface area contributed by atoms with Crippen molar-refractivity contribution in [1.29, 1.82) is 0 Å². The lowest BCUT2D eigenvalue weighted by atomic mass is 10.0. The summed E-state index contributed by atoms with van der Waals surface area (Å²) in [5, 5.41) is 0. The molecule has 0 fully saturated rings. The molecule has 1 aromatic heterocycles. The van der Waals surface area contributed by atoms with E-state index in [2.05, 4.69) is 4.98 Å². The molecule has 3 nitrogen and oxygen atoms in total. The van der Waals surface area contributed by atoms with Crippen LogP contribution in [-0.2, 0) is 6.18 Å². The Hall–Kier alpha value is -2.37. The quantitative estimate of drug-likeness (QED) is 0.810. The van der Waals surface area contributed by atoms with Gasteiger partial charge in [-0.15, -0.1) is 0 Å². The molecule has 0 N–H and O–H groups in total. The Labute approximate surface area is 113 Å². The van der Waals surface area contributed by atoms with Crippen molar-refractivity contribution < 1.29 is 22.7 Å². The number of ketones is 1. The molecule has 0 spiro atoms. The molecule has 0 atom stereocenters. The van der Waals surface area contributed by atoms with Crippen molar-refractivity contribution in [3.63, 3.8) is 0 Å². The van der Waals surface area contributed by atoms with Crippen molar-refractivity contribution in [1.82, 2.24) is 4.98 Å². The number of hydrogen-bond donors (Lipinski definition) is 0. The van der Waals surface area contributed by atoms with E-state index in [4.69, 9.17) is 4.74 Å². The van der Waals surface area contributed by atoms with Crippen molar-refractivity contribution in [3.05, 3.63) is 59.3 Å². The number of rotatable bonds is 3. The van der Waals surface area contributed by atoms with E-state index in [0.717, 1.165) is 12.1 Å². The van der Waals surface area contributed by atoms with E-state index in [-0.39, 0.29) is 11.6 Å². The first-order chi connectivity index (χ1) is 9.43. The van der Waals surface area contributed by atoms with E-state index < -0.39 is 23.1 Å². The summed E-state index contributed by atoms with van der Waals surface area (Å²) in [5.41, 5.74) is -1.50. The second-order valence-electron chi connectivity index (χ2n) is 3.94. The lowest BCUT2D eigenvalue weighted by Gasteiger charge is -2.11. The van der Waals surface area contributed by atoms with E-state index in [9.17, 15) is 18.0 Å². The Morgan fingerprint density at radius 2 is 1.80 bits per heavy atom. The second kappa shape index (κ2) is 5.32. The van der Waals surface area contributed by atoms with E-state index >= 15 is 0 Å². The van der Waals surface area contributed by atoms with Crippen LogP contribution in [0.5, 0.6) is 5.88 Å². The lowest BCUT2D eigenvalue weighted by Crippen LogP contribution is -2.14. The van der Waals surface area contributed by atoms with Crippen molar-refractivity contribution in [2.45, 2.75) is 6.18 Å². The highest BCUT2D eigenvalue weighted by Gasteiger charge is 2.35. The first-order valence-corrected chi connectivity index (χ1v) is 5.65. The maximum absolute atomic E-state index is 12.9. The van der Waals surface area contributed by atoms with Crippen LogP contribution >= 0.6 is 0 Å². The Bertz CT molecular complexity index is 638. The number of halogens is 3. The molecule has 0 aliphatic rings. The van der Waals surface area contributed by atoms with Crippen molar-refractivity contribution in [2.24, 2.45) is 0 Å². The molecule has 0 saturated carbocycles. The van der Waals surface area contributed by atoms with Crippen molar-refractivity contribution in [3.8, 4) is 5.88 Å². The van der Waals surface area contributed by atoms with Crippen LogP contribution in [0.1, 0.15) is 21.6 Å². The summed E-state index contributed by atoms with van der Waals surface area (Å²) in [6.45, 7) is 0. The van der Waals surface area contributed by atoms with Gasteiger partial charge in [-0.25, -0.2) is 4.98 Å². The van der Waals surface area contributed by atoms with E-state index in [1.165, 1.54) is 37.4 Å². The number of benzene rings is 1. The molecule has 0 unspecified atom stereocenters. The Morgan fingerprint density at radius 3 is 2.45 bits per heavy atom. The van der Waals surface area contributed by atoms with Crippen LogP contribution in [0.2, 0.25) is 0 Å². The van der Waals surface area contributed by atoms with E-state index in [1.54, 1.807) is 0 Å². The fraction of sp³-hybridized carbons (Fsp3) is 0.143. The number of aromatic nitrogens is 1. The zero-order valence-electron chi connectivity index (χ0n) is 10.4. The molecular formula is C14H10F3NO2. The van der Waals surface area contributed by atoms with Gasteiger partial charge in [0.05, 0.1) is 12.7 Å². The fourth-order valence-corrected chi connectivity index (χ4v) is 1.72. The Morgan fingerprint density at radius 1 is 1.10 bits per heavy atom. The molecule has 0 aliphatic heterocycles. The largest absolute Gasteiger partial charge is 0.481 e. The number of pyridine rings is 1. The van der Waals surface area contributed by atoms with Gasteiger partial charge >= 0.3 is 6.18 Å². The molecular weight excluding hydrogens is 271 g/mol. The van der Waals surface area contributed by atoms with Crippen molar-refractivity contribution >= 4 is 5.78 Å². The molecule has 2 rings (SSSR count). The first-order valence-electron chi connectivity index (χ1n) is 5.65. The predicted molar refractivity (Wildman–Crippen MR) is 65.7 cm³/mol. The van der Waals surface area contributed by atoms with Crippen molar-refractivity contribution in [2.75, 3.05) is 7.11 Å². The van der Waals surface area contributed by atoms with Gasteiger partial charge in [0, 0.05) is 11.6 Å². The third-order valence-electron chi connectivity index (χ3n) is 2.64. The summed E-state index contributed by atoms with van der Waals surface area (Å²) in [6, 6.07) is 8.96. The summed E-state index contributed by atoms with van der Waals surface area (Å²) >= 11 is 0. The van der Waals surface area contributed by atoms with Gasteiger partial charge in [0.15, 0.2) is 0 Å². The van der Waals surface area contributed by atoms with Gasteiger partial charge in [-0.2, -0.15) is 13.2 Å². The number of hydrogen-bond acceptors (Lipinski definition) is 3. The lowest BCUT2D eigenvalue weighted by molar-refractivity contribution is -0.137. The molecule has 104 valence electrons. The number of methoxy groups -OCH3 is 1. The van der Waals surface area contributed by atoms with Crippen LogP contribution < -0.4 is 4.74 Å². The van der Waals surface area contributed by atoms with Crippen LogP contribution in [0.4, 0.5) is 13.2 Å². The maximum atomic E-state index is 12.9. The molecule has 1 heterocycles. The average Bonchev–Trinajstić information content (AvgIpc) is 2.45. The van der Waals surface area contributed by atoms with Crippen LogP contribution in [0.3, 0.4) is 0 Å². The number of nitrogens with zero attached hydrogens (tertiary/aromatic N) is 1. The number of ether oxygens (including phenoxy) is 1. The standard InChI is InChI=1S/C14H10F3NO2/c1-20-12-8-4-7-11(18-12)13(19)9-5-2-3-6-10(9)14(15,16)17/h2-8H,1H3. The zero-order chi connectivity index (χ0) is 14.8. The maximum Gasteiger partial charge on any atom is 0.417 e. The monoisotopic (exact) mass is 281 g/mol. The highest BCUT2D eigenvalue weighted by Crippen LogP contribution is 2.32. The highest BCUT2D eigenvalue weighted by atomic mass is 19.4. The topological polar surface area (TPSA) is 39.2 Å². The summed E-state index contributed by atoms with van der Waals surface area (Å²) in [6.07, 6.45) is -4.59. The summed E-state index contributed by atoms with van der Waals surface area (Å²) in [4.78, 5) is 16.0. The van der Waals surface area contributed by atoms with Gasteiger partial charge < -0.3 is 4.74 Å². The minimum Gasteiger partial charge on any atom is -0.481 e. The summed E-state index contributed by atoms with van der Waals surface area (Å²) < 4.78 is 43.5. The third kappa shape index (κ3) is 2.79.